The number of hydrogen-bond donors (Lipinski definition) is 0. The van der Waals surface area contributed by atoms with Crippen molar-refractivity contribution in [2.75, 3.05) is 40.6 Å². The van der Waals surface area contributed by atoms with Gasteiger partial charge < -0.3 is 26.6 Å². The Hall–Kier alpha value is 0.411. The molecule has 0 bridgehead atoms. The third-order valence-corrected chi connectivity index (χ3v) is 18.8. The fourth-order valence-corrected chi connectivity index (χ4v) is 14.2. The third-order valence-electron chi connectivity index (χ3n) is 8.95. The van der Waals surface area contributed by atoms with Gasteiger partial charge in [-0.2, -0.15) is 0 Å². The molecule has 0 aromatic heterocycles. The van der Waals surface area contributed by atoms with Gasteiger partial charge in [-0.15, -0.1) is 0 Å². The van der Waals surface area contributed by atoms with E-state index in [1.165, 1.54) is 152 Å². The van der Waals surface area contributed by atoms with Crippen molar-refractivity contribution in [2.24, 2.45) is 0 Å². The first-order valence-electron chi connectivity index (χ1n) is 20.9. The average molecular weight is 739 g/mol. The second kappa shape index (κ2) is 41.8. The predicted octanol–water partition coefficient (Wildman–Crippen LogP) is 13.0. The summed E-state index contributed by atoms with van der Waals surface area (Å²) in [5.74, 6) is 0. The molecule has 0 atom stereocenters. The molecule has 0 amide bonds. The van der Waals surface area contributed by atoms with Crippen LogP contribution in [0.3, 0.4) is 0 Å². The van der Waals surface area contributed by atoms with E-state index in [1.807, 2.05) is 28.1 Å². The van der Waals surface area contributed by atoms with Gasteiger partial charge in [-0.3, -0.25) is 0 Å². The zero-order valence-electron chi connectivity index (χ0n) is 34.8. The van der Waals surface area contributed by atoms with Crippen molar-refractivity contribution in [1.82, 2.24) is 0 Å². The quantitative estimate of drug-likeness (QED) is 0.0484. The van der Waals surface area contributed by atoms with Crippen molar-refractivity contribution in [3.05, 3.63) is 0 Å². The minimum absolute atomic E-state index is 0.809. The van der Waals surface area contributed by atoms with Crippen molar-refractivity contribution < 1.29 is 26.6 Å². The smallest absolute Gasteiger partial charge is 0.338 e. The van der Waals surface area contributed by atoms with Crippen LogP contribution in [0.15, 0.2) is 0 Å². The Bertz CT molecular complexity index is 544. The van der Waals surface area contributed by atoms with Crippen LogP contribution in [0.1, 0.15) is 184 Å². The first-order chi connectivity index (χ1) is 23.3. The summed E-state index contributed by atoms with van der Waals surface area (Å²) in [7, 11) is -1.32. The van der Waals surface area contributed by atoms with Crippen LogP contribution in [0.2, 0.25) is 30.2 Å². The van der Waals surface area contributed by atoms with Gasteiger partial charge in [0.1, 0.15) is 0 Å². The van der Waals surface area contributed by atoms with Crippen LogP contribution in [0, 0.1) is 0 Å². The van der Waals surface area contributed by atoms with Gasteiger partial charge in [-0.05, 0) is 57.9 Å². The van der Waals surface area contributed by atoms with Gasteiger partial charge in [0.15, 0.2) is 0 Å². The Morgan fingerprint density at radius 2 is 0.667 bits per heavy atom. The molecule has 0 aliphatic rings. The lowest BCUT2D eigenvalue weighted by atomic mass is 10.2. The Balaban J connectivity index is -0.000000649. The minimum Gasteiger partial charge on any atom is -0.398 e. The summed E-state index contributed by atoms with van der Waals surface area (Å²) in [6.07, 6.45) is 24.9. The summed E-state index contributed by atoms with van der Waals surface area (Å²) in [6, 6.07) is 5.91. The number of rotatable bonds is 34. The molecule has 0 unspecified atom stereocenters. The molecule has 294 valence electrons. The van der Waals surface area contributed by atoms with Gasteiger partial charge in [0.2, 0.25) is 0 Å². The van der Waals surface area contributed by atoms with Crippen molar-refractivity contribution in [3.63, 3.8) is 0 Å². The van der Waals surface area contributed by atoms with E-state index in [0.29, 0.717) is 0 Å². The molecule has 48 heavy (non-hydrogen) atoms. The molecule has 9 heteroatoms. The molecule has 0 aromatic rings. The number of unbranched alkanes of at least 4 members (excludes halogenated alkanes) is 14. The summed E-state index contributed by atoms with van der Waals surface area (Å²) in [5, 5.41) is 0. The average Bonchev–Trinajstić information content (AvgIpc) is 3.09. The lowest BCUT2D eigenvalue weighted by Crippen LogP contribution is -2.42. The van der Waals surface area contributed by atoms with E-state index >= 15 is 0 Å². The van der Waals surface area contributed by atoms with Crippen LogP contribution in [-0.4, -0.2) is 67.1 Å². The highest BCUT2D eigenvalue weighted by Crippen LogP contribution is 2.26. The molecule has 0 N–H and O–H groups in total. The van der Waals surface area contributed by atoms with E-state index in [9.17, 15) is 0 Å². The molecule has 0 aliphatic heterocycles. The fourth-order valence-electron chi connectivity index (χ4n) is 6.03. The Labute approximate surface area is 307 Å². The molecular formula is C39H90O6Si3. The van der Waals surface area contributed by atoms with Crippen LogP contribution in [0.5, 0.6) is 0 Å². The summed E-state index contributed by atoms with van der Waals surface area (Å²) < 4.78 is 34.9. The van der Waals surface area contributed by atoms with E-state index in [2.05, 4.69) is 48.5 Å². The molecule has 6 nitrogen and oxygen atoms in total. The van der Waals surface area contributed by atoms with Crippen molar-refractivity contribution in [2.45, 2.75) is 215 Å². The van der Waals surface area contributed by atoms with Gasteiger partial charge >= 0.3 is 26.4 Å². The first-order valence-corrected chi connectivity index (χ1v) is 27.2. The van der Waals surface area contributed by atoms with Crippen LogP contribution in [0.4, 0.5) is 0 Å². The highest BCUT2D eigenvalue weighted by atomic mass is 28.4. The molecule has 0 spiro atoms. The number of hydrogen-bond acceptors (Lipinski definition) is 6. The predicted molar refractivity (Wildman–Crippen MR) is 219 cm³/mol. The summed E-state index contributed by atoms with van der Waals surface area (Å²) in [6.45, 7) is 22.8. The molecule has 0 heterocycles. The monoisotopic (exact) mass is 739 g/mol. The molecule has 0 saturated heterocycles. The third kappa shape index (κ3) is 33.5. The summed E-state index contributed by atoms with van der Waals surface area (Å²) in [5.41, 5.74) is 0. The zero-order chi connectivity index (χ0) is 36.6. The fraction of sp³-hybridized carbons (Fsp3) is 1.00. The Kier molecular flexibility index (Phi) is 46.0. The molecule has 0 aliphatic carbocycles. The van der Waals surface area contributed by atoms with Crippen molar-refractivity contribution in [1.29, 1.82) is 0 Å². The van der Waals surface area contributed by atoms with Crippen LogP contribution < -0.4 is 0 Å². The van der Waals surface area contributed by atoms with Gasteiger partial charge in [-0.25, -0.2) is 0 Å². The van der Waals surface area contributed by atoms with E-state index < -0.39 is 26.4 Å². The normalized spacial score (nSPS) is 11.8. The van der Waals surface area contributed by atoms with Gasteiger partial charge in [0.05, 0.1) is 0 Å². The second-order valence-corrected chi connectivity index (χ2v) is 22.3. The van der Waals surface area contributed by atoms with Crippen LogP contribution in [-0.2, 0) is 26.6 Å². The molecule has 0 saturated carbocycles. The molecular weight excluding hydrogens is 649 g/mol. The lowest BCUT2D eigenvalue weighted by Gasteiger charge is -2.30. The molecule has 0 fully saturated rings. The minimum atomic E-state index is -1.90. The van der Waals surface area contributed by atoms with Crippen LogP contribution in [0.25, 0.3) is 0 Å². The summed E-state index contributed by atoms with van der Waals surface area (Å²) >= 11 is 0. The maximum absolute atomic E-state index is 6.15. The highest BCUT2D eigenvalue weighted by Gasteiger charge is 2.36. The zero-order valence-corrected chi connectivity index (χ0v) is 38.0. The lowest BCUT2D eigenvalue weighted by molar-refractivity contribution is 0.180. The summed E-state index contributed by atoms with van der Waals surface area (Å²) in [4.78, 5) is 0. The second-order valence-electron chi connectivity index (χ2n) is 13.2. The highest BCUT2D eigenvalue weighted by molar-refractivity contribution is 6.67. The van der Waals surface area contributed by atoms with Crippen LogP contribution >= 0.6 is 0 Å². The molecule has 0 radical (unpaired) electrons. The Morgan fingerprint density at radius 1 is 0.354 bits per heavy atom. The largest absolute Gasteiger partial charge is 0.398 e. The van der Waals surface area contributed by atoms with E-state index in [1.54, 1.807) is 0 Å². The van der Waals surface area contributed by atoms with Crippen molar-refractivity contribution >= 4 is 26.4 Å². The first kappa shape index (κ1) is 52.8. The van der Waals surface area contributed by atoms with Gasteiger partial charge in [0, 0.05) is 40.6 Å². The Morgan fingerprint density at radius 3 is 0.938 bits per heavy atom. The topological polar surface area (TPSA) is 55.4 Å². The molecule has 0 rings (SSSR count). The van der Waals surface area contributed by atoms with E-state index in [4.69, 9.17) is 26.6 Å². The van der Waals surface area contributed by atoms with Gasteiger partial charge in [0.25, 0.3) is 0 Å². The molecule has 0 aromatic carbocycles. The van der Waals surface area contributed by atoms with E-state index in [-0.39, 0.29) is 0 Å². The SMILES string of the molecule is CCCCCC[Si](CCCCCC)(OC)OC.CCCCCC[Si](CCCCCC)(OCC)OCC.CCCCC[SiH](OCC)OCC. The van der Waals surface area contributed by atoms with Gasteiger partial charge in [-0.1, -0.05) is 157 Å². The van der Waals surface area contributed by atoms with E-state index in [0.717, 1.165) is 26.4 Å². The maximum atomic E-state index is 6.15. The standard InChI is InChI=1S/C16H36O2Si.C14H32O2Si.C9H22O2Si/c1-5-9-11-13-15-19(17-7-3,18-8-4)16-14-12-10-6-2;1-5-7-9-11-13-17(15-3,16-4)14-12-10-8-6-2;1-4-7-8-9-12(10-5-2)11-6-3/h5-16H2,1-4H3;5-14H2,1-4H3;12H,4-9H2,1-3H3. The van der Waals surface area contributed by atoms with Crippen molar-refractivity contribution in [3.8, 4) is 0 Å². The maximum Gasteiger partial charge on any atom is 0.338 e.